The Hall–Kier alpha value is -1.51. The van der Waals surface area contributed by atoms with Gasteiger partial charge in [-0.05, 0) is 30.5 Å². The molecule has 0 saturated heterocycles. The highest BCUT2D eigenvalue weighted by Gasteiger charge is 1.97. The molecule has 0 amide bonds. The highest BCUT2D eigenvalue weighted by Crippen LogP contribution is 2.11. The Bertz CT molecular complexity index is 306. The van der Waals surface area contributed by atoms with Crippen LogP contribution in [-0.2, 0) is 11.2 Å². The van der Waals surface area contributed by atoms with Crippen LogP contribution in [-0.4, -0.2) is 17.6 Å². The maximum atomic E-state index is 10.3. The van der Waals surface area contributed by atoms with Gasteiger partial charge in [-0.1, -0.05) is 25.5 Å². The molecule has 2 N–H and O–H groups in total. The molecule has 0 atom stereocenters. The second kappa shape index (κ2) is 6.06. The number of carbonyl (C=O) groups is 1. The third-order valence-electron chi connectivity index (χ3n) is 2.22. The van der Waals surface area contributed by atoms with Crippen molar-refractivity contribution >= 4 is 11.7 Å². The van der Waals surface area contributed by atoms with Crippen LogP contribution in [0.1, 0.15) is 25.3 Å². The predicted molar refractivity (Wildman–Crippen MR) is 61.2 cm³/mol. The lowest BCUT2D eigenvalue weighted by Gasteiger charge is -2.04. The molecule has 0 unspecified atom stereocenters. The van der Waals surface area contributed by atoms with E-state index in [0.717, 1.165) is 12.1 Å². The number of aliphatic carboxylic acids is 1. The van der Waals surface area contributed by atoms with Gasteiger partial charge in [0.05, 0.1) is 0 Å². The zero-order valence-electron chi connectivity index (χ0n) is 8.99. The molecule has 0 spiro atoms. The SMILES string of the molecule is CCCCc1ccc(NCC(=O)O)cc1. The second-order valence-corrected chi connectivity index (χ2v) is 3.55. The van der Waals surface area contributed by atoms with Crippen molar-refractivity contribution in [3.63, 3.8) is 0 Å². The van der Waals surface area contributed by atoms with Gasteiger partial charge >= 0.3 is 5.97 Å². The number of benzene rings is 1. The fourth-order valence-electron chi connectivity index (χ4n) is 1.35. The topological polar surface area (TPSA) is 49.3 Å². The van der Waals surface area contributed by atoms with Crippen LogP contribution >= 0.6 is 0 Å². The molecule has 1 aromatic carbocycles. The summed E-state index contributed by atoms with van der Waals surface area (Å²) >= 11 is 0. The van der Waals surface area contributed by atoms with E-state index in [2.05, 4.69) is 12.2 Å². The van der Waals surface area contributed by atoms with Gasteiger partial charge in [-0.25, -0.2) is 0 Å². The van der Waals surface area contributed by atoms with Crippen LogP contribution in [0.2, 0.25) is 0 Å². The summed E-state index contributed by atoms with van der Waals surface area (Å²) in [6.07, 6.45) is 3.48. The summed E-state index contributed by atoms with van der Waals surface area (Å²) in [5.74, 6) is -0.843. The Kier molecular flexibility index (Phi) is 4.68. The highest BCUT2D eigenvalue weighted by atomic mass is 16.4. The van der Waals surface area contributed by atoms with E-state index in [-0.39, 0.29) is 6.54 Å². The van der Waals surface area contributed by atoms with Crippen molar-refractivity contribution in [2.45, 2.75) is 26.2 Å². The Morgan fingerprint density at radius 1 is 1.33 bits per heavy atom. The van der Waals surface area contributed by atoms with Crippen LogP contribution < -0.4 is 5.32 Å². The summed E-state index contributed by atoms with van der Waals surface area (Å²) in [6.45, 7) is 2.14. The van der Waals surface area contributed by atoms with Crippen molar-refractivity contribution in [2.24, 2.45) is 0 Å². The lowest BCUT2D eigenvalue weighted by molar-refractivity contribution is -0.134. The van der Waals surface area contributed by atoms with E-state index in [4.69, 9.17) is 5.11 Å². The summed E-state index contributed by atoms with van der Waals surface area (Å²) in [5, 5.41) is 11.3. The van der Waals surface area contributed by atoms with E-state index < -0.39 is 5.97 Å². The number of aryl methyl sites for hydroxylation is 1. The molecule has 0 fully saturated rings. The minimum atomic E-state index is -0.843. The molecule has 0 heterocycles. The quantitative estimate of drug-likeness (QED) is 0.753. The smallest absolute Gasteiger partial charge is 0.322 e. The van der Waals surface area contributed by atoms with E-state index in [0.29, 0.717) is 0 Å². The van der Waals surface area contributed by atoms with Crippen molar-refractivity contribution in [3.8, 4) is 0 Å². The molecule has 0 aromatic heterocycles. The van der Waals surface area contributed by atoms with Gasteiger partial charge in [-0.3, -0.25) is 4.79 Å². The van der Waals surface area contributed by atoms with Crippen LogP contribution in [0, 0.1) is 0 Å². The standard InChI is InChI=1S/C12H17NO2/c1-2-3-4-10-5-7-11(8-6-10)13-9-12(14)15/h5-8,13H,2-4,9H2,1H3,(H,14,15). The molecule has 1 aromatic rings. The molecule has 3 nitrogen and oxygen atoms in total. The molecule has 0 saturated carbocycles. The average molecular weight is 207 g/mol. The molecule has 0 aliphatic heterocycles. The molecular formula is C12H17NO2. The lowest BCUT2D eigenvalue weighted by atomic mass is 10.1. The van der Waals surface area contributed by atoms with Gasteiger partial charge < -0.3 is 10.4 Å². The maximum absolute atomic E-state index is 10.3. The molecule has 1 rings (SSSR count). The number of nitrogens with one attached hydrogen (secondary N) is 1. The van der Waals surface area contributed by atoms with Crippen molar-refractivity contribution in [1.29, 1.82) is 0 Å². The zero-order chi connectivity index (χ0) is 11.1. The van der Waals surface area contributed by atoms with E-state index in [1.165, 1.54) is 18.4 Å². The van der Waals surface area contributed by atoms with Gasteiger partial charge in [-0.2, -0.15) is 0 Å². The first-order valence-electron chi connectivity index (χ1n) is 5.27. The van der Waals surface area contributed by atoms with Crippen LogP contribution in [0.15, 0.2) is 24.3 Å². The first kappa shape index (κ1) is 11.6. The van der Waals surface area contributed by atoms with Crippen LogP contribution in [0.4, 0.5) is 5.69 Å². The van der Waals surface area contributed by atoms with Gasteiger partial charge in [0.2, 0.25) is 0 Å². The number of carboxylic acids is 1. The van der Waals surface area contributed by atoms with E-state index >= 15 is 0 Å². The molecule has 0 aliphatic rings. The minimum Gasteiger partial charge on any atom is -0.480 e. The number of rotatable bonds is 6. The number of carboxylic acid groups (broad SMARTS) is 1. The van der Waals surface area contributed by atoms with E-state index in [1.807, 2.05) is 24.3 Å². The van der Waals surface area contributed by atoms with Crippen LogP contribution in [0.3, 0.4) is 0 Å². The van der Waals surface area contributed by atoms with Crippen molar-refractivity contribution < 1.29 is 9.90 Å². The van der Waals surface area contributed by atoms with E-state index in [9.17, 15) is 4.79 Å². The molecule has 15 heavy (non-hydrogen) atoms. The minimum absolute atomic E-state index is 0.0334. The van der Waals surface area contributed by atoms with Crippen molar-refractivity contribution in [2.75, 3.05) is 11.9 Å². The van der Waals surface area contributed by atoms with Gasteiger partial charge in [-0.15, -0.1) is 0 Å². The summed E-state index contributed by atoms with van der Waals surface area (Å²) in [6, 6.07) is 7.93. The summed E-state index contributed by atoms with van der Waals surface area (Å²) in [7, 11) is 0. The van der Waals surface area contributed by atoms with Crippen molar-refractivity contribution in [1.82, 2.24) is 0 Å². The average Bonchev–Trinajstić information content (AvgIpc) is 2.25. The lowest BCUT2D eigenvalue weighted by Crippen LogP contribution is -2.12. The molecule has 0 aliphatic carbocycles. The predicted octanol–water partition coefficient (Wildman–Crippen LogP) is 2.53. The Morgan fingerprint density at radius 3 is 2.53 bits per heavy atom. The number of hydrogen-bond acceptors (Lipinski definition) is 2. The zero-order valence-corrected chi connectivity index (χ0v) is 8.99. The first-order chi connectivity index (χ1) is 7.22. The largest absolute Gasteiger partial charge is 0.480 e. The Morgan fingerprint density at radius 2 is 2.00 bits per heavy atom. The third kappa shape index (κ3) is 4.49. The van der Waals surface area contributed by atoms with Gasteiger partial charge in [0.25, 0.3) is 0 Å². The number of hydrogen-bond donors (Lipinski definition) is 2. The van der Waals surface area contributed by atoms with E-state index in [1.54, 1.807) is 0 Å². The van der Waals surface area contributed by atoms with Crippen LogP contribution in [0.25, 0.3) is 0 Å². The summed E-state index contributed by atoms with van der Waals surface area (Å²) in [4.78, 5) is 10.3. The number of unbranched alkanes of at least 4 members (excludes halogenated alkanes) is 1. The summed E-state index contributed by atoms with van der Waals surface area (Å²) < 4.78 is 0. The third-order valence-corrected chi connectivity index (χ3v) is 2.22. The van der Waals surface area contributed by atoms with Gasteiger partial charge in [0.15, 0.2) is 0 Å². The monoisotopic (exact) mass is 207 g/mol. The van der Waals surface area contributed by atoms with Gasteiger partial charge in [0, 0.05) is 5.69 Å². The molecule has 3 heteroatoms. The first-order valence-corrected chi connectivity index (χ1v) is 5.27. The van der Waals surface area contributed by atoms with Crippen LogP contribution in [0.5, 0.6) is 0 Å². The second-order valence-electron chi connectivity index (χ2n) is 3.55. The Labute approximate surface area is 90.1 Å². The van der Waals surface area contributed by atoms with Crippen molar-refractivity contribution in [3.05, 3.63) is 29.8 Å². The maximum Gasteiger partial charge on any atom is 0.322 e. The molecule has 0 bridgehead atoms. The fraction of sp³-hybridized carbons (Fsp3) is 0.417. The highest BCUT2D eigenvalue weighted by molar-refractivity contribution is 5.72. The van der Waals surface area contributed by atoms with Gasteiger partial charge in [0.1, 0.15) is 6.54 Å². The molecule has 82 valence electrons. The number of anilines is 1. The fourth-order valence-corrected chi connectivity index (χ4v) is 1.35. The molecular weight excluding hydrogens is 190 g/mol. The Balaban J connectivity index is 2.45. The normalized spacial score (nSPS) is 9.93. The summed E-state index contributed by atoms with van der Waals surface area (Å²) in [5.41, 5.74) is 2.16. The molecule has 0 radical (unpaired) electrons.